The fourth-order valence-electron chi connectivity index (χ4n) is 2.30. The molecule has 2 nitrogen and oxygen atoms in total. The molecule has 1 aliphatic heterocycles. The molecule has 1 aliphatic rings. The highest BCUT2D eigenvalue weighted by molar-refractivity contribution is 5.52. The summed E-state index contributed by atoms with van der Waals surface area (Å²) in [4.78, 5) is 0. The lowest BCUT2D eigenvalue weighted by molar-refractivity contribution is 0.614. The zero-order chi connectivity index (χ0) is 11.4. The Balaban J connectivity index is 1.97. The Morgan fingerprint density at radius 3 is 2.88 bits per heavy atom. The monoisotopic (exact) mass is 218 g/mol. The highest BCUT2D eigenvalue weighted by atomic mass is 14.9. The summed E-state index contributed by atoms with van der Waals surface area (Å²) in [6.07, 6.45) is 1.30. The Bertz CT molecular complexity index is 327. The molecule has 1 aromatic carbocycles. The van der Waals surface area contributed by atoms with E-state index >= 15 is 0 Å². The quantitative estimate of drug-likeness (QED) is 0.812. The molecule has 2 rings (SSSR count). The number of benzene rings is 1. The third kappa shape index (κ3) is 2.76. The second-order valence-electron chi connectivity index (χ2n) is 4.98. The summed E-state index contributed by atoms with van der Waals surface area (Å²) in [6, 6.07) is 8.65. The van der Waals surface area contributed by atoms with Crippen molar-refractivity contribution >= 4 is 5.69 Å². The Morgan fingerprint density at radius 1 is 1.38 bits per heavy atom. The van der Waals surface area contributed by atoms with Crippen LogP contribution in [-0.4, -0.2) is 19.6 Å². The van der Waals surface area contributed by atoms with Gasteiger partial charge in [0.05, 0.1) is 0 Å². The molecule has 1 saturated heterocycles. The Hall–Kier alpha value is -1.02. The molecule has 1 fully saturated rings. The molecule has 1 atom stereocenters. The predicted octanol–water partition coefficient (Wildman–Crippen LogP) is 2.83. The van der Waals surface area contributed by atoms with Gasteiger partial charge in [0.15, 0.2) is 0 Å². The van der Waals surface area contributed by atoms with Gasteiger partial charge in [0, 0.05) is 12.2 Å². The molecule has 0 aliphatic carbocycles. The van der Waals surface area contributed by atoms with Crippen LogP contribution in [0.4, 0.5) is 5.69 Å². The molecule has 0 radical (unpaired) electrons. The zero-order valence-electron chi connectivity index (χ0n) is 10.3. The minimum Gasteiger partial charge on any atom is -0.384 e. The molecular weight excluding hydrogens is 196 g/mol. The van der Waals surface area contributed by atoms with Gasteiger partial charge >= 0.3 is 0 Å². The number of hydrogen-bond acceptors (Lipinski definition) is 2. The molecule has 2 N–H and O–H groups in total. The first-order chi connectivity index (χ1) is 7.77. The lowest BCUT2D eigenvalue weighted by Crippen LogP contribution is -2.17. The molecule has 2 heteroatoms. The van der Waals surface area contributed by atoms with Crippen LogP contribution in [0.25, 0.3) is 0 Å². The predicted molar refractivity (Wildman–Crippen MR) is 70.0 cm³/mol. The van der Waals surface area contributed by atoms with Crippen LogP contribution in [-0.2, 0) is 0 Å². The average molecular weight is 218 g/mol. The fraction of sp³-hybridized carbons (Fsp3) is 0.571. The fourth-order valence-corrected chi connectivity index (χ4v) is 2.30. The third-order valence-electron chi connectivity index (χ3n) is 3.33. The highest BCUT2D eigenvalue weighted by Gasteiger charge is 2.14. The summed E-state index contributed by atoms with van der Waals surface area (Å²) in [7, 11) is 0. The number of rotatable bonds is 4. The maximum Gasteiger partial charge on any atom is 0.0375 e. The van der Waals surface area contributed by atoms with E-state index in [9.17, 15) is 0 Å². The van der Waals surface area contributed by atoms with Gasteiger partial charge in [-0.05, 0) is 43.0 Å². The molecular formula is C14H22N2. The van der Waals surface area contributed by atoms with Crippen molar-refractivity contribution in [3.8, 4) is 0 Å². The molecule has 0 aromatic heterocycles. The van der Waals surface area contributed by atoms with E-state index in [1.54, 1.807) is 0 Å². The van der Waals surface area contributed by atoms with E-state index in [0.29, 0.717) is 5.92 Å². The van der Waals surface area contributed by atoms with E-state index in [4.69, 9.17) is 0 Å². The van der Waals surface area contributed by atoms with E-state index in [2.05, 4.69) is 48.7 Å². The van der Waals surface area contributed by atoms with E-state index in [1.165, 1.54) is 24.2 Å². The van der Waals surface area contributed by atoms with Gasteiger partial charge in [0.25, 0.3) is 0 Å². The van der Waals surface area contributed by atoms with Gasteiger partial charge in [0.1, 0.15) is 0 Å². The third-order valence-corrected chi connectivity index (χ3v) is 3.33. The van der Waals surface area contributed by atoms with Crippen molar-refractivity contribution in [2.24, 2.45) is 5.92 Å². The topological polar surface area (TPSA) is 24.1 Å². The summed E-state index contributed by atoms with van der Waals surface area (Å²) >= 11 is 0. The standard InChI is InChI=1S/C14H22N2/c1-11(2)13-5-3-4-6-14(13)16-10-12-7-8-15-9-12/h3-6,11-12,15-16H,7-10H2,1-2H3. The summed E-state index contributed by atoms with van der Waals surface area (Å²) in [5.74, 6) is 1.38. The van der Waals surface area contributed by atoms with Crippen molar-refractivity contribution < 1.29 is 0 Å². The Kier molecular flexibility index (Phi) is 3.83. The van der Waals surface area contributed by atoms with E-state index in [1.807, 2.05) is 0 Å². The summed E-state index contributed by atoms with van der Waals surface area (Å²) < 4.78 is 0. The molecule has 88 valence electrons. The smallest absolute Gasteiger partial charge is 0.0375 e. The SMILES string of the molecule is CC(C)c1ccccc1NCC1CCNC1. The number of para-hydroxylation sites is 1. The summed E-state index contributed by atoms with van der Waals surface area (Å²) in [5.41, 5.74) is 2.73. The van der Waals surface area contributed by atoms with Crippen molar-refractivity contribution in [2.75, 3.05) is 25.0 Å². The van der Waals surface area contributed by atoms with Crippen LogP contribution < -0.4 is 10.6 Å². The number of anilines is 1. The van der Waals surface area contributed by atoms with Gasteiger partial charge in [-0.25, -0.2) is 0 Å². The molecule has 0 saturated carbocycles. The number of hydrogen-bond donors (Lipinski definition) is 2. The second kappa shape index (κ2) is 5.35. The van der Waals surface area contributed by atoms with Crippen molar-refractivity contribution in [1.82, 2.24) is 5.32 Å². The minimum atomic E-state index is 0.588. The maximum absolute atomic E-state index is 3.60. The minimum absolute atomic E-state index is 0.588. The molecule has 1 unspecified atom stereocenters. The zero-order valence-corrected chi connectivity index (χ0v) is 10.3. The van der Waals surface area contributed by atoms with Crippen molar-refractivity contribution in [3.05, 3.63) is 29.8 Å². The maximum atomic E-state index is 3.60. The van der Waals surface area contributed by atoms with Crippen LogP contribution in [0, 0.1) is 5.92 Å². The van der Waals surface area contributed by atoms with Crippen LogP contribution in [0.5, 0.6) is 0 Å². The van der Waals surface area contributed by atoms with Gasteiger partial charge in [-0.2, -0.15) is 0 Å². The van der Waals surface area contributed by atoms with Gasteiger partial charge in [-0.1, -0.05) is 32.0 Å². The normalized spacial score (nSPS) is 20.3. The molecule has 1 aromatic rings. The Morgan fingerprint density at radius 2 is 2.19 bits per heavy atom. The van der Waals surface area contributed by atoms with E-state index in [-0.39, 0.29) is 0 Å². The van der Waals surface area contributed by atoms with Crippen molar-refractivity contribution in [2.45, 2.75) is 26.2 Å². The van der Waals surface area contributed by atoms with Crippen molar-refractivity contribution in [3.63, 3.8) is 0 Å². The summed E-state index contributed by atoms with van der Waals surface area (Å²) in [5, 5.41) is 7.00. The number of nitrogens with one attached hydrogen (secondary N) is 2. The Labute approximate surface area is 98.4 Å². The largest absolute Gasteiger partial charge is 0.384 e. The first kappa shape index (κ1) is 11.5. The van der Waals surface area contributed by atoms with Crippen LogP contribution >= 0.6 is 0 Å². The van der Waals surface area contributed by atoms with Gasteiger partial charge in [-0.3, -0.25) is 0 Å². The van der Waals surface area contributed by atoms with E-state index < -0.39 is 0 Å². The highest BCUT2D eigenvalue weighted by Crippen LogP contribution is 2.24. The first-order valence-electron chi connectivity index (χ1n) is 6.31. The second-order valence-corrected chi connectivity index (χ2v) is 4.98. The first-order valence-corrected chi connectivity index (χ1v) is 6.31. The van der Waals surface area contributed by atoms with Crippen LogP contribution in [0.15, 0.2) is 24.3 Å². The summed E-state index contributed by atoms with van der Waals surface area (Å²) in [6.45, 7) is 7.93. The van der Waals surface area contributed by atoms with Crippen LogP contribution in [0.3, 0.4) is 0 Å². The van der Waals surface area contributed by atoms with Crippen molar-refractivity contribution in [1.29, 1.82) is 0 Å². The average Bonchev–Trinajstić information content (AvgIpc) is 2.79. The van der Waals surface area contributed by atoms with Gasteiger partial charge < -0.3 is 10.6 Å². The van der Waals surface area contributed by atoms with Crippen LogP contribution in [0.2, 0.25) is 0 Å². The lowest BCUT2D eigenvalue weighted by atomic mass is 10.0. The molecule has 1 heterocycles. The molecule has 0 spiro atoms. The molecule has 0 bridgehead atoms. The lowest BCUT2D eigenvalue weighted by Gasteiger charge is -2.16. The van der Waals surface area contributed by atoms with Gasteiger partial charge in [0.2, 0.25) is 0 Å². The van der Waals surface area contributed by atoms with Gasteiger partial charge in [-0.15, -0.1) is 0 Å². The van der Waals surface area contributed by atoms with E-state index in [0.717, 1.165) is 19.0 Å². The molecule has 0 amide bonds. The van der Waals surface area contributed by atoms with Crippen LogP contribution in [0.1, 0.15) is 31.7 Å². The molecule has 16 heavy (non-hydrogen) atoms.